The molecule has 0 saturated heterocycles. The zero-order valence-corrected chi connectivity index (χ0v) is 16.7. The van der Waals surface area contributed by atoms with Crippen molar-refractivity contribution in [3.05, 3.63) is 84.7 Å². The van der Waals surface area contributed by atoms with Crippen molar-refractivity contribution in [2.45, 2.75) is 6.10 Å². The van der Waals surface area contributed by atoms with Gasteiger partial charge in [0.1, 0.15) is 5.02 Å². The van der Waals surface area contributed by atoms with Gasteiger partial charge in [0.25, 0.3) is 5.56 Å². The molecule has 140 valence electrons. The van der Waals surface area contributed by atoms with Crippen LogP contribution in [0.3, 0.4) is 0 Å². The van der Waals surface area contributed by atoms with Gasteiger partial charge >= 0.3 is 0 Å². The molecule has 0 fully saturated rings. The molecular weight excluding hydrogens is 432 g/mol. The van der Waals surface area contributed by atoms with E-state index < -0.39 is 11.7 Å². The predicted molar refractivity (Wildman–Crippen MR) is 110 cm³/mol. The lowest BCUT2D eigenvalue weighted by Crippen LogP contribution is -2.21. The Morgan fingerprint density at radius 2 is 1.78 bits per heavy atom. The van der Waals surface area contributed by atoms with Gasteiger partial charge in [0, 0.05) is 17.1 Å². The quantitative estimate of drug-likeness (QED) is 0.581. The summed E-state index contributed by atoms with van der Waals surface area (Å²) < 4.78 is 1.10. The van der Waals surface area contributed by atoms with Crippen molar-refractivity contribution in [2.75, 3.05) is 11.9 Å². The summed E-state index contributed by atoms with van der Waals surface area (Å²) in [6.07, 6.45) is 0.472. The Labute approximate surface area is 175 Å². The number of rotatable bonds is 5. The Hall–Kier alpha value is -1.76. The summed E-state index contributed by atoms with van der Waals surface area (Å²) in [6.45, 7) is 0.202. The Morgan fingerprint density at radius 3 is 2.48 bits per heavy atom. The van der Waals surface area contributed by atoms with Crippen LogP contribution in [0.1, 0.15) is 11.7 Å². The van der Waals surface area contributed by atoms with Crippen LogP contribution in [-0.2, 0) is 0 Å². The monoisotopic (exact) mass is 443 g/mol. The van der Waals surface area contributed by atoms with E-state index in [0.29, 0.717) is 27.0 Å². The van der Waals surface area contributed by atoms with Crippen molar-refractivity contribution in [2.24, 2.45) is 0 Å². The molecule has 1 atom stereocenters. The summed E-state index contributed by atoms with van der Waals surface area (Å²) in [5, 5.41) is 18.1. The minimum Gasteiger partial charge on any atom is -0.387 e. The standard InChI is InChI=1S/C18H13Cl4N3O2/c19-12-4-2-1-3-11(12)16(26)9-23-15-6-5-10(7-13(15)20)25-18(27)17(22)14(21)8-24-25/h1-8,16,23,26H,9H2. The Kier molecular flexibility index (Phi) is 6.29. The van der Waals surface area contributed by atoms with Crippen LogP contribution in [-0.4, -0.2) is 21.4 Å². The van der Waals surface area contributed by atoms with Crippen LogP contribution in [0.5, 0.6) is 0 Å². The van der Waals surface area contributed by atoms with E-state index >= 15 is 0 Å². The van der Waals surface area contributed by atoms with Gasteiger partial charge in [0.15, 0.2) is 0 Å². The van der Waals surface area contributed by atoms with Crippen molar-refractivity contribution in [1.29, 1.82) is 0 Å². The number of anilines is 1. The van der Waals surface area contributed by atoms with E-state index in [2.05, 4.69) is 10.4 Å². The highest BCUT2D eigenvalue weighted by molar-refractivity contribution is 6.41. The van der Waals surface area contributed by atoms with Gasteiger partial charge in [-0.15, -0.1) is 0 Å². The number of halogens is 4. The minimum atomic E-state index is -0.811. The molecule has 1 aromatic heterocycles. The van der Waals surface area contributed by atoms with Gasteiger partial charge < -0.3 is 10.4 Å². The first-order valence-corrected chi connectivity index (χ1v) is 9.29. The Bertz CT molecular complexity index is 1040. The second-order valence-corrected chi connectivity index (χ2v) is 7.21. The van der Waals surface area contributed by atoms with Crippen LogP contribution in [0.4, 0.5) is 5.69 Å². The van der Waals surface area contributed by atoms with Crippen molar-refractivity contribution in [1.82, 2.24) is 9.78 Å². The molecule has 5 nitrogen and oxygen atoms in total. The zero-order chi connectivity index (χ0) is 19.6. The molecule has 0 radical (unpaired) electrons. The van der Waals surface area contributed by atoms with E-state index in [1.807, 2.05) is 0 Å². The number of hydrogen-bond acceptors (Lipinski definition) is 4. The molecule has 27 heavy (non-hydrogen) atoms. The van der Waals surface area contributed by atoms with Crippen LogP contribution in [0.2, 0.25) is 20.1 Å². The van der Waals surface area contributed by atoms with Gasteiger partial charge in [-0.1, -0.05) is 64.6 Å². The van der Waals surface area contributed by atoms with Gasteiger partial charge in [-0.25, -0.2) is 0 Å². The van der Waals surface area contributed by atoms with Gasteiger partial charge in [-0.3, -0.25) is 4.79 Å². The first-order chi connectivity index (χ1) is 12.9. The summed E-state index contributed by atoms with van der Waals surface area (Å²) in [5.41, 5.74) is 1.08. The molecule has 0 bridgehead atoms. The maximum Gasteiger partial charge on any atom is 0.291 e. The Balaban J connectivity index is 1.79. The van der Waals surface area contributed by atoms with Crippen molar-refractivity contribution < 1.29 is 5.11 Å². The first kappa shape index (κ1) is 20.0. The first-order valence-electron chi connectivity index (χ1n) is 7.78. The summed E-state index contributed by atoms with van der Waals surface area (Å²) in [5.74, 6) is 0. The zero-order valence-electron chi connectivity index (χ0n) is 13.7. The molecule has 1 heterocycles. The molecule has 0 aliphatic heterocycles. The molecule has 0 amide bonds. The van der Waals surface area contributed by atoms with E-state index in [9.17, 15) is 9.90 Å². The topological polar surface area (TPSA) is 67.2 Å². The highest BCUT2D eigenvalue weighted by Gasteiger charge is 2.13. The lowest BCUT2D eigenvalue weighted by atomic mass is 10.1. The van der Waals surface area contributed by atoms with Gasteiger partial charge in [-0.05, 0) is 24.3 Å². The molecule has 3 aromatic rings. The molecular formula is C18H13Cl4N3O2. The van der Waals surface area contributed by atoms with Crippen LogP contribution >= 0.6 is 46.4 Å². The third-order valence-corrected chi connectivity index (χ3v) is 5.23. The molecule has 0 aliphatic carbocycles. The number of aromatic nitrogens is 2. The van der Waals surface area contributed by atoms with Crippen LogP contribution in [0, 0.1) is 0 Å². The molecule has 0 saturated carbocycles. The second kappa shape index (κ2) is 8.50. The van der Waals surface area contributed by atoms with E-state index in [1.165, 1.54) is 6.20 Å². The number of aliphatic hydroxyl groups is 1. The SMILES string of the molecule is O=c1c(Cl)c(Cl)cnn1-c1ccc(NCC(O)c2ccccc2Cl)c(Cl)c1. The van der Waals surface area contributed by atoms with Gasteiger partial charge in [-0.2, -0.15) is 9.78 Å². The minimum absolute atomic E-state index is 0.0795. The van der Waals surface area contributed by atoms with Crippen LogP contribution < -0.4 is 10.9 Å². The lowest BCUT2D eigenvalue weighted by Gasteiger charge is -2.16. The maximum atomic E-state index is 12.2. The summed E-state index contributed by atoms with van der Waals surface area (Å²) in [6, 6.07) is 11.9. The molecule has 2 N–H and O–H groups in total. The molecule has 0 aliphatic rings. The molecule has 0 spiro atoms. The van der Waals surface area contributed by atoms with Crippen LogP contribution in [0.25, 0.3) is 5.69 Å². The highest BCUT2D eigenvalue weighted by Crippen LogP contribution is 2.27. The van der Waals surface area contributed by atoms with Crippen molar-refractivity contribution in [3.63, 3.8) is 0 Å². The highest BCUT2D eigenvalue weighted by atomic mass is 35.5. The van der Waals surface area contributed by atoms with Crippen molar-refractivity contribution in [3.8, 4) is 5.69 Å². The van der Waals surface area contributed by atoms with E-state index in [0.717, 1.165) is 4.68 Å². The average molecular weight is 445 g/mol. The number of benzene rings is 2. The van der Waals surface area contributed by atoms with Gasteiger partial charge in [0.05, 0.1) is 33.7 Å². The van der Waals surface area contributed by atoms with E-state index in [4.69, 9.17) is 46.4 Å². The molecule has 2 aromatic carbocycles. The maximum absolute atomic E-state index is 12.2. The van der Waals surface area contributed by atoms with E-state index in [1.54, 1.807) is 42.5 Å². The predicted octanol–water partition coefficient (Wildman–Crippen LogP) is 4.99. The fourth-order valence-corrected chi connectivity index (χ4v) is 3.19. The Morgan fingerprint density at radius 1 is 1.04 bits per heavy atom. The molecule has 9 heteroatoms. The van der Waals surface area contributed by atoms with Crippen molar-refractivity contribution >= 4 is 52.1 Å². The third kappa shape index (κ3) is 4.39. The molecule has 3 rings (SSSR count). The largest absolute Gasteiger partial charge is 0.387 e. The number of nitrogens with one attached hydrogen (secondary N) is 1. The van der Waals surface area contributed by atoms with Gasteiger partial charge in [0.2, 0.25) is 0 Å². The third-order valence-electron chi connectivity index (χ3n) is 3.82. The lowest BCUT2D eigenvalue weighted by molar-refractivity contribution is 0.192. The molecule has 1 unspecified atom stereocenters. The average Bonchev–Trinajstić information content (AvgIpc) is 2.65. The smallest absolute Gasteiger partial charge is 0.291 e. The number of hydrogen-bond donors (Lipinski definition) is 2. The normalized spacial score (nSPS) is 12.0. The summed E-state index contributed by atoms with van der Waals surface area (Å²) in [4.78, 5) is 12.2. The second-order valence-electron chi connectivity index (χ2n) is 5.61. The fourth-order valence-electron chi connectivity index (χ4n) is 2.44. The number of nitrogens with zero attached hydrogens (tertiary/aromatic N) is 2. The fraction of sp³-hybridized carbons (Fsp3) is 0.111. The summed E-state index contributed by atoms with van der Waals surface area (Å²) in [7, 11) is 0. The summed E-state index contributed by atoms with van der Waals surface area (Å²) >= 11 is 24.0. The van der Waals surface area contributed by atoms with Crippen LogP contribution in [0.15, 0.2) is 53.5 Å². The number of aliphatic hydroxyl groups excluding tert-OH is 1. The van der Waals surface area contributed by atoms with E-state index in [-0.39, 0.29) is 16.6 Å².